The minimum atomic E-state index is 0.501. The second-order valence-corrected chi connectivity index (χ2v) is 5.73. The van der Waals surface area contributed by atoms with Crippen LogP contribution >= 0.6 is 0 Å². The molecule has 21 heavy (non-hydrogen) atoms. The number of rotatable bonds is 5. The highest BCUT2D eigenvalue weighted by molar-refractivity contribution is 5.80. The van der Waals surface area contributed by atoms with E-state index in [0.29, 0.717) is 6.04 Å². The fraction of sp³-hybridized carbons (Fsp3) is 0.375. The van der Waals surface area contributed by atoms with Gasteiger partial charge in [-0.1, -0.05) is 19.9 Å². The first kappa shape index (κ1) is 13.8. The molecule has 0 aliphatic heterocycles. The highest BCUT2D eigenvalue weighted by atomic mass is 15.3. The van der Waals surface area contributed by atoms with Crippen molar-refractivity contribution in [3.05, 3.63) is 48.2 Å². The Labute approximate surface area is 124 Å². The topological polar surface area (TPSA) is 47.7 Å². The molecule has 5 heteroatoms. The molecule has 0 unspecified atom stereocenters. The number of nitrogens with one attached hydrogen (secondary N) is 1. The zero-order valence-electron chi connectivity index (χ0n) is 12.7. The molecule has 3 rings (SSSR count). The average Bonchev–Trinajstić information content (AvgIpc) is 3.04. The van der Waals surface area contributed by atoms with Crippen LogP contribution in [0.25, 0.3) is 10.9 Å². The molecule has 0 fully saturated rings. The van der Waals surface area contributed by atoms with Crippen molar-refractivity contribution in [1.29, 1.82) is 0 Å². The van der Waals surface area contributed by atoms with Gasteiger partial charge in [0.25, 0.3) is 0 Å². The maximum absolute atomic E-state index is 4.15. The summed E-state index contributed by atoms with van der Waals surface area (Å²) in [4.78, 5) is 0. The van der Waals surface area contributed by atoms with Gasteiger partial charge >= 0.3 is 0 Å². The normalized spacial score (nSPS) is 11.6. The number of benzene rings is 1. The van der Waals surface area contributed by atoms with Crippen molar-refractivity contribution >= 4 is 10.9 Å². The Morgan fingerprint density at radius 2 is 2.10 bits per heavy atom. The Morgan fingerprint density at radius 3 is 2.81 bits per heavy atom. The number of aromatic nitrogens is 4. The van der Waals surface area contributed by atoms with Gasteiger partial charge in [-0.3, -0.25) is 0 Å². The Kier molecular flexibility index (Phi) is 3.75. The number of fused-ring (bicyclic) bond motifs is 1. The molecule has 0 aliphatic rings. The van der Waals surface area contributed by atoms with Gasteiger partial charge in [0.2, 0.25) is 0 Å². The number of aryl methyl sites for hydroxylation is 1. The van der Waals surface area contributed by atoms with E-state index in [-0.39, 0.29) is 0 Å². The van der Waals surface area contributed by atoms with Crippen LogP contribution in [0.2, 0.25) is 0 Å². The molecule has 0 aliphatic carbocycles. The summed E-state index contributed by atoms with van der Waals surface area (Å²) in [6, 6.07) is 9.28. The fourth-order valence-electron chi connectivity index (χ4n) is 2.42. The predicted molar refractivity (Wildman–Crippen MR) is 84.0 cm³/mol. The Morgan fingerprint density at radius 1 is 1.24 bits per heavy atom. The molecular formula is C16H21N5. The molecule has 0 atom stereocenters. The second kappa shape index (κ2) is 5.69. The van der Waals surface area contributed by atoms with Gasteiger partial charge in [-0.15, -0.1) is 10.2 Å². The van der Waals surface area contributed by atoms with Crippen LogP contribution in [0.1, 0.15) is 25.2 Å². The monoisotopic (exact) mass is 283 g/mol. The van der Waals surface area contributed by atoms with Crippen LogP contribution in [0.15, 0.2) is 36.8 Å². The summed E-state index contributed by atoms with van der Waals surface area (Å²) in [6.07, 6.45) is 3.84. The minimum Gasteiger partial charge on any atom is -0.340 e. The van der Waals surface area contributed by atoms with E-state index in [9.17, 15) is 0 Å². The van der Waals surface area contributed by atoms with Crippen molar-refractivity contribution < 1.29 is 0 Å². The summed E-state index contributed by atoms with van der Waals surface area (Å²) in [6.45, 7) is 5.97. The van der Waals surface area contributed by atoms with Gasteiger partial charge in [0, 0.05) is 31.3 Å². The average molecular weight is 283 g/mol. The summed E-state index contributed by atoms with van der Waals surface area (Å²) >= 11 is 0. The largest absolute Gasteiger partial charge is 0.340 e. The molecular weight excluding hydrogens is 262 g/mol. The van der Waals surface area contributed by atoms with Crippen LogP contribution in [0.3, 0.4) is 0 Å². The molecule has 110 valence electrons. The van der Waals surface area contributed by atoms with Crippen LogP contribution in [0.5, 0.6) is 0 Å². The lowest BCUT2D eigenvalue weighted by atomic mass is 10.1. The van der Waals surface area contributed by atoms with Crippen LogP contribution in [-0.4, -0.2) is 25.4 Å². The summed E-state index contributed by atoms with van der Waals surface area (Å²) in [5.74, 6) is 0.957. The van der Waals surface area contributed by atoms with Crippen molar-refractivity contribution in [2.24, 2.45) is 7.05 Å². The molecule has 0 saturated carbocycles. The van der Waals surface area contributed by atoms with Crippen LogP contribution < -0.4 is 5.32 Å². The van der Waals surface area contributed by atoms with Gasteiger partial charge in [-0.2, -0.15) is 0 Å². The molecule has 1 N–H and O–H groups in total. The molecule has 2 aromatic heterocycles. The first-order valence-corrected chi connectivity index (χ1v) is 7.27. The molecule has 0 spiro atoms. The molecule has 0 saturated heterocycles. The smallest absolute Gasteiger partial charge is 0.152 e. The van der Waals surface area contributed by atoms with E-state index < -0.39 is 0 Å². The number of nitrogens with zero attached hydrogens (tertiary/aromatic N) is 4. The maximum atomic E-state index is 4.15. The first-order chi connectivity index (χ1) is 10.1. The van der Waals surface area contributed by atoms with Crippen molar-refractivity contribution in [3.63, 3.8) is 0 Å². The molecule has 0 amide bonds. The molecule has 1 aromatic carbocycles. The SMILES string of the molecule is CC(C)NCc1ccc2c(ccn2Cc2nncn2C)c1. The number of hydrogen-bond donors (Lipinski definition) is 1. The van der Waals surface area contributed by atoms with Gasteiger partial charge in [0.15, 0.2) is 5.82 Å². The Bertz CT molecular complexity index is 738. The summed E-state index contributed by atoms with van der Waals surface area (Å²) in [5.41, 5.74) is 2.54. The Hall–Kier alpha value is -2.14. The standard InChI is InChI=1S/C16H21N5/c1-12(2)17-9-13-4-5-15-14(8-13)6-7-21(15)10-16-19-18-11-20(16)3/h4-8,11-12,17H,9-10H2,1-3H3. The lowest BCUT2D eigenvalue weighted by Gasteiger charge is -2.09. The third kappa shape index (κ3) is 2.97. The van der Waals surface area contributed by atoms with E-state index in [0.717, 1.165) is 18.9 Å². The highest BCUT2D eigenvalue weighted by Crippen LogP contribution is 2.18. The predicted octanol–water partition coefficient (Wildman–Crippen LogP) is 2.32. The summed E-state index contributed by atoms with van der Waals surface area (Å²) in [5, 5.41) is 12.8. The second-order valence-electron chi connectivity index (χ2n) is 5.73. The van der Waals surface area contributed by atoms with E-state index in [1.165, 1.54) is 16.5 Å². The minimum absolute atomic E-state index is 0.501. The van der Waals surface area contributed by atoms with Gasteiger partial charge in [-0.05, 0) is 29.1 Å². The molecule has 3 aromatic rings. The van der Waals surface area contributed by atoms with Gasteiger partial charge in [0.05, 0.1) is 6.54 Å². The molecule has 2 heterocycles. The zero-order chi connectivity index (χ0) is 14.8. The molecule has 0 radical (unpaired) electrons. The fourth-order valence-corrected chi connectivity index (χ4v) is 2.42. The summed E-state index contributed by atoms with van der Waals surface area (Å²) in [7, 11) is 1.97. The molecule has 0 bridgehead atoms. The maximum Gasteiger partial charge on any atom is 0.152 e. The lowest BCUT2D eigenvalue weighted by molar-refractivity contribution is 0.589. The third-order valence-corrected chi connectivity index (χ3v) is 3.67. The van der Waals surface area contributed by atoms with Gasteiger partial charge in [0.1, 0.15) is 6.33 Å². The van der Waals surface area contributed by atoms with Crippen LogP contribution in [0.4, 0.5) is 0 Å². The van der Waals surface area contributed by atoms with E-state index >= 15 is 0 Å². The van der Waals surface area contributed by atoms with Gasteiger partial charge < -0.3 is 14.5 Å². The summed E-state index contributed by atoms with van der Waals surface area (Å²) < 4.78 is 4.16. The lowest BCUT2D eigenvalue weighted by Crippen LogP contribution is -2.21. The van der Waals surface area contributed by atoms with E-state index in [1.807, 2.05) is 11.6 Å². The zero-order valence-corrected chi connectivity index (χ0v) is 12.7. The van der Waals surface area contributed by atoms with Crippen molar-refractivity contribution in [2.45, 2.75) is 33.0 Å². The quantitative estimate of drug-likeness (QED) is 0.781. The van der Waals surface area contributed by atoms with Crippen LogP contribution in [0, 0.1) is 0 Å². The van der Waals surface area contributed by atoms with E-state index in [1.54, 1.807) is 6.33 Å². The van der Waals surface area contributed by atoms with Crippen molar-refractivity contribution in [3.8, 4) is 0 Å². The van der Waals surface area contributed by atoms with E-state index in [4.69, 9.17) is 0 Å². The van der Waals surface area contributed by atoms with Gasteiger partial charge in [-0.25, -0.2) is 0 Å². The highest BCUT2D eigenvalue weighted by Gasteiger charge is 2.06. The first-order valence-electron chi connectivity index (χ1n) is 7.27. The van der Waals surface area contributed by atoms with Crippen molar-refractivity contribution in [2.75, 3.05) is 0 Å². The molecule has 5 nitrogen and oxygen atoms in total. The number of hydrogen-bond acceptors (Lipinski definition) is 3. The van der Waals surface area contributed by atoms with Crippen LogP contribution in [-0.2, 0) is 20.1 Å². The van der Waals surface area contributed by atoms with E-state index in [2.05, 4.69) is 64.4 Å². The van der Waals surface area contributed by atoms with Crippen molar-refractivity contribution in [1.82, 2.24) is 24.6 Å². The third-order valence-electron chi connectivity index (χ3n) is 3.67. The Balaban J connectivity index is 1.84.